The van der Waals surface area contributed by atoms with Gasteiger partial charge in [0, 0.05) is 53.3 Å². The Balaban J connectivity index is 1.26. The maximum atomic E-state index is 10.5. The fourth-order valence-electron chi connectivity index (χ4n) is 6.35. The molecule has 0 N–H and O–H groups in total. The number of fused-ring (bicyclic) bond motifs is 6. The van der Waals surface area contributed by atoms with Crippen molar-refractivity contribution in [1.29, 1.82) is 5.26 Å². The molecule has 0 aliphatic heterocycles. The van der Waals surface area contributed by atoms with Crippen molar-refractivity contribution in [2.24, 2.45) is 0 Å². The second-order valence-corrected chi connectivity index (χ2v) is 12.3. The molecule has 0 saturated heterocycles. The van der Waals surface area contributed by atoms with Gasteiger partial charge in [-0.05, 0) is 42.5 Å². The van der Waals surface area contributed by atoms with Gasteiger partial charge in [-0.15, -0.1) is 11.3 Å². The Bertz CT molecular complexity index is 2590. The summed E-state index contributed by atoms with van der Waals surface area (Å²) in [6, 6.07) is 49.8. The summed E-state index contributed by atoms with van der Waals surface area (Å²) in [7, 11) is 0. The summed E-state index contributed by atoms with van der Waals surface area (Å²) in [4.78, 5) is 14.6. The topological polar surface area (TPSA) is 67.4 Å². The first-order valence-corrected chi connectivity index (χ1v) is 15.8. The molecule has 9 aromatic rings. The smallest absolute Gasteiger partial charge is 0.165 e. The van der Waals surface area contributed by atoms with Gasteiger partial charge in [0.1, 0.15) is 0 Å². The quantitative estimate of drug-likeness (QED) is 0.200. The van der Waals surface area contributed by atoms with Crippen LogP contribution in [0.15, 0.2) is 140 Å². The lowest BCUT2D eigenvalue weighted by Crippen LogP contribution is -2.02. The fourth-order valence-corrected chi connectivity index (χ4v) is 7.48. The highest BCUT2D eigenvalue weighted by molar-refractivity contribution is 7.25. The summed E-state index contributed by atoms with van der Waals surface area (Å²) >= 11 is 1.82. The van der Waals surface area contributed by atoms with Crippen LogP contribution >= 0.6 is 11.3 Å². The minimum atomic E-state index is 0.462. The highest BCUT2D eigenvalue weighted by Gasteiger charge is 2.19. The molecule has 214 valence electrons. The number of nitrogens with zero attached hydrogens (tertiary/aromatic N) is 5. The zero-order valence-corrected chi connectivity index (χ0v) is 25.2. The lowest BCUT2D eigenvalue weighted by molar-refractivity contribution is 1.07. The Hall–Kier alpha value is -6.16. The maximum Gasteiger partial charge on any atom is 0.165 e. The average molecular weight is 606 g/mol. The molecule has 0 aliphatic rings. The molecule has 0 bridgehead atoms. The molecule has 0 unspecified atom stereocenters. The largest absolute Gasteiger partial charge is 0.309 e. The molecule has 3 heterocycles. The Morgan fingerprint density at radius 3 is 1.85 bits per heavy atom. The van der Waals surface area contributed by atoms with Gasteiger partial charge >= 0.3 is 0 Å². The fraction of sp³-hybridized carbons (Fsp3) is 0. The normalized spacial score (nSPS) is 11.5. The number of hydrogen-bond donors (Lipinski definition) is 0. The van der Waals surface area contributed by atoms with Crippen molar-refractivity contribution in [2.75, 3.05) is 0 Å². The van der Waals surface area contributed by atoms with Crippen molar-refractivity contribution in [3.8, 4) is 45.9 Å². The van der Waals surface area contributed by atoms with Crippen LogP contribution in [0.25, 0.3) is 81.8 Å². The first-order chi connectivity index (χ1) is 22.7. The molecule has 0 saturated carbocycles. The van der Waals surface area contributed by atoms with Gasteiger partial charge in [0.15, 0.2) is 17.5 Å². The first kappa shape index (κ1) is 26.3. The zero-order valence-electron chi connectivity index (χ0n) is 24.4. The maximum absolute atomic E-state index is 10.5. The van der Waals surface area contributed by atoms with E-state index in [0.717, 1.165) is 27.8 Å². The lowest BCUT2D eigenvalue weighted by atomic mass is 10.1. The summed E-state index contributed by atoms with van der Waals surface area (Å²) in [5.41, 5.74) is 6.03. The van der Waals surface area contributed by atoms with Gasteiger partial charge in [0.25, 0.3) is 0 Å². The van der Waals surface area contributed by atoms with Crippen LogP contribution in [0.1, 0.15) is 5.56 Å². The molecule has 3 aromatic heterocycles. The average Bonchev–Trinajstić information content (AvgIpc) is 3.65. The van der Waals surface area contributed by atoms with Crippen LogP contribution in [0, 0.1) is 11.3 Å². The molecule has 0 fully saturated rings. The number of nitriles is 1. The third-order valence-corrected chi connectivity index (χ3v) is 9.63. The molecule has 0 aliphatic carbocycles. The summed E-state index contributed by atoms with van der Waals surface area (Å²) in [5, 5.41) is 15.4. The van der Waals surface area contributed by atoms with Crippen molar-refractivity contribution in [3.63, 3.8) is 0 Å². The third-order valence-electron chi connectivity index (χ3n) is 8.49. The monoisotopic (exact) mass is 605 g/mol. The van der Waals surface area contributed by atoms with E-state index in [1.165, 1.54) is 30.9 Å². The highest BCUT2D eigenvalue weighted by atomic mass is 32.1. The molecule has 0 spiro atoms. The molecule has 6 heteroatoms. The van der Waals surface area contributed by atoms with E-state index >= 15 is 0 Å². The van der Waals surface area contributed by atoms with Gasteiger partial charge in [0.2, 0.25) is 0 Å². The summed E-state index contributed by atoms with van der Waals surface area (Å²) in [5.74, 6) is 1.59. The van der Waals surface area contributed by atoms with Crippen molar-refractivity contribution in [1.82, 2.24) is 19.5 Å². The second-order valence-electron chi connectivity index (χ2n) is 11.2. The number of benzene rings is 6. The lowest BCUT2D eigenvalue weighted by Gasteiger charge is -2.12. The number of thiophene rings is 1. The van der Waals surface area contributed by atoms with Gasteiger partial charge in [0.05, 0.1) is 22.7 Å². The van der Waals surface area contributed by atoms with E-state index in [0.29, 0.717) is 28.6 Å². The summed E-state index contributed by atoms with van der Waals surface area (Å²) in [6.07, 6.45) is 0. The van der Waals surface area contributed by atoms with Gasteiger partial charge in [-0.25, -0.2) is 15.0 Å². The molecule has 9 rings (SSSR count). The van der Waals surface area contributed by atoms with Gasteiger partial charge in [-0.2, -0.15) is 5.26 Å². The predicted molar refractivity (Wildman–Crippen MR) is 188 cm³/mol. The number of rotatable bonds is 4. The highest BCUT2D eigenvalue weighted by Crippen LogP contribution is 2.41. The second kappa shape index (κ2) is 10.5. The molecule has 0 radical (unpaired) electrons. The van der Waals surface area contributed by atoms with Crippen LogP contribution in [-0.2, 0) is 0 Å². The van der Waals surface area contributed by atoms with Gasteiger partial charge in [-0.1, -0.05) is 97.1 Å². The van der Waals surface area contributed by atoms with Crippen LogP contribution in [0.5, 0.6) is 0 Å². The zero-order chi connectivity index (χ0) is 30.6. The Morgan fingerprint density at radius 2 is 1.13 bits per heavy atom. The molecular formula is C40H23N5S. The Kier molecular flexibility index (Phi) is 5.98. The van der Waals surface area contributed by atoms with Gasteiger partial charge < -0.3 is 4.57 Å². The van der Waals surface area contributed by atoms with E-state index in [2.05, 4.69) is 77.4 Å². The standard InChI is InChI=1S/C40H23N5S/c41-24-27-21-28(19-20-29(27)40-43-38(25-11-3-1-4-12-25)42-39(44-40)26-13-5-2-6-14-26)45-34-17-9-7-15-30(34)32-23-37-33(22-35(32)45)31-16-8-10-18-36(31)46-37/h1-23H. The molecule has 5 nitrogen and oxygen atoms in total. The molecule has 46 heavy (non-hydrogen) atoms. The van der Waals surface area contributed by atoms with Crippen LogP contribution in [-0.4, -0.2) is 19.5 Å². The molecule has 0 amide bonds. The summed E-state index contributed by atoms with van der Waals surface area (Å²) in [6.45, 7) is 0. The number of hydrogen-bond acceptors (Lipinski definition) is 5. The SMILES string of the molecule is N#Cc1cc(-n2c3ccccc3c3cc4sc5ccccc5c4cc32)ccc1-c1nc(-c2ccccc2)nc(-c2ccccc2)n1. The van der Waals surface area contributed by atoms with Crippen LogP contribution in [0.4, 0.5) is 0 Å². The van der Waals surface area contributed by atoms with Crippen molar-refractivity contribution >= 4 is 53.3 Å². The third kappa shape index (κ3) is 4.18. The van der Waals surface area contributed by atoms with E-state index in [1.54, 1.807) is 0 Å². The van der Waals surface area contributed by atoms with E-state index in [4.69, 9.17) is 15.0 Å². The minimum absolute atomic E-state index is 0.462. The van der Waals surface area contributed by atoms with Crippen molar-refractivity contribution in [2.45, 2.75) is 0 Å². The predicted octanol–water partition coefficient (Wildman–Crippen LogP) is 10.2. The number of para-hydroxylation sites is 1. The Morgan fingerprint density at radius 1 is 0.500 bits per heavy atom. The van der Waals surface area contributed by atoms with E-state index in [-0.39, 0.29) is 0 Å². The Labute approximate surface area is 268 Å². The van der Waals surface area contributed by atoms with Crippen molar-refractivity contribution in [3.05, 3.63) is 145 Å². The molecule has 6 aromatic carbocycles. The van der Waals surface area contributed by atoms with Crippen LogP contribution in [0.3, 0.4) is 0 Å². The van der Waals surface area contributed by atoms with E-state index in [9.17, 15) is 5.26 Å². The molecular weight excluding hydrogens is 583 g/mol. The minimum Gasteiger partial charge on any atom is -0.309 e. The summed E-state index contributed by atoms with van der Waals surface area (Å²) < 4.78 is 4.81. The van der Waals surface area contributed by atoms with Crippen LogP contribution in [0.2, 0.25) is 0 Å². The van der Waals surface area contributed by atoms with E-state index < -0.39 is 0 Å². The van der Waals surface area contributed by atoms with Crippen molar-refractivity contribution < 1.29 is 0 Å². The van der Waals surface area contributed by atoms with Gasteiger partial charge in [-0.3, -0.25) is 0 Å². The van der Waals surface area contributed by atoms with Crippen LogP contribution < -0.4 is 0 Å². The number of aromatic nitrogens is 4. The first-order valence-electron chi connectivity index (χ1n) is 15.0. The molecule has 0 atom stereocenters. The van der Waals surface area contributed by atoms with E-state index in [1.807, 2.05) is 84.1 Å².